The molecule has 0 radical (unpaired) electrons. The molecule has 1 amide bonds. The summed E-state index contributed by atoms with van der Waals surface area (Å²) in [4.78, 5) is 19.7. The molecule has 0 aromatic rings. The monoisotopic (exact) mass is 291 g/mol. The molecule has 0 unspecified atom stereocenters. The Morgan fingerprint density at radius 1 is 0.952 bits per heavy atom. The van der Waals surface area contributed by atoms with Gasteiger partial charge >= 0.3 is 0 Å². The fraction of sp³-hybridized carbons (Fsp3) is 0.941. The Hall–Kier alpha value is -0.610. The number of hydrogen-bond donors (Lipinski definition) is 0. The van der Waals surface area contributed by atoms with Gasteiger partial charge in [0.05, 0.1) is 6.04 Å². The van der Waals surface area contributed by atoms with Crippen molar-refractivity contribution in [2.45, 2.75) is 50.6 Å². The van der Waals surface area contributed by atoms with E-state index in [-0.39, 0.29) is 6.04 Å². The molecule has 2 aliphatic carbocycles. The number of likely N-dealkylation sites (tertiary alicyclic amines) is 1. The Balaban J connectivity index is 1.31. The van der Waals surface area contributed by atoms with E-state index < -0.39 is 0 Å². The van der Waals surface area contributed by atoms with E-state index in [1.165, 1.54) is 32.1 Å². The van der Waals surface area contributed by atoms with Crippen LogP contribution in [0.2, 0.25) is 0 Å². The van der Waals surface area contributed by atoms with Gasteiger partial charge in [-0.2, -0.15) is 0 Å². The van der Waals surface area contributed by atoms with Gasteiger partial charge in [-0.25, -0.2) is 0 Å². The van der Waals surface area contributed by atoms with Gasteiger partial charge in [0, 0.05) is 32.2 Å². The molecule has 4 fully saturated rings. The Morgan fingerprint density at radius 2 is 1.76 bits per heavy atom. The van der Waals surface area contributed by atoms with Crippen LogP contribution in [0.5, 0.6) is 0 Å². The van der Waals surface area contributed by atoms with Crippen LogP contribution in [0.25, 0.3) is 0 Å². The maximum absolute atomic E-state index is 12.6. The minimum atomic E-state index is 0.166. The largest absolute Gasteiger partial charge is 0.339 e. The molecular formula is C17H29N3O. The van der Waals surface area contributed by atoms with Gasteiger partial charge in [-0.05, 0) is 57.5 Å². The lowest BCUT2D eigenvalue weighted by Gasteiger charge is -2.42. The van der Waals surface area contributed by atoms with Crippen LogP contribution in [-0.4, -0.2) is 72.5 Å². The summed E-state index contributed by atoms with van der Waals surface area (Å²) in [7, 11) is 2.10. The molecule has 0 N–H and O–H groups in total. The van der Waals surface area contributed by atoms with Gasteiger partial charge in [0.25, 0.3) is 0 Å². The molecule has 0 aromatic carbocycles. The molecular weight excluding hydrogens is 262 g/mol. The summed E-state index contributed by atoms with van der Waals surface area (Å²) < 4.78 is 0. The van der Waals surface area contributed by atoms with E-state index in [1.54, 1.807) is 0 Å². The zero-order valence-corrected chi connectivity index (χ0v) is 13.3. The van der Waals surface area contributed by atoms with E-state index in [0.717, 1.165) is 57.0 Å². The van der Waals surface area contributed by atoms with Gasteiger partial charge in [0.2, 0.25) is 5.91 Å². The fourth-order valence-corrected chi connectivity index (χ4v) is 5.37. The maximum atomic E-state index is 12.6. The SMILES string of the molecule is CN1CCC[C@H]1C(=O)N1CCN([C@@H]2C[C@H]3CC[C@H]2C3)CC1. The number of piperazine rings is 1. The third-order valence-electron chi connectivity index (χ3n) is 6.60. The highest BCUT2D eigenvalue weighted by Crippen LogP contribution is 2.46. The quantitative estimate of drug-likeness (QED) is 0.770. The number of rotatable bonds is 2. The predicted molar refractivity (Wildman–Crippen MR) is 83.0 cm³/mol. The van der Waals surface area contributed by atoms with Crippen molar-refractivity contribution in [3.8, 4) is 0 Å². The van der Waals surface area contributed by atoms with Crippen LogP contribution in [0.1, 0.15) is 38.5 Å². The first-order valence-corrected chi connectivity index (χ1v) is 8.95. The first-order chi connectivity index (χ1) is 10.2. The molecule has 2 saturated heterocycles. The first-order valence-electron chi connectivity index (χ1n) is 8.95. The first kappa shape index (κ1) is 14.0. The lowest BCUT2D eigenvalue weighted by Crippen LogP contribution is -2.55. The molecule has 4 heteroatoms. The van der Waals surface area contributed by atoms with E-state index in [9.17, 15) is 4.79 Å². The van der Waals surface area contributed by atoms with Gasteiger partial charge in [-0.3, -0.25) is 14.6 Å². The van der Waals surface area contributed by atoms with Crippen molar-refractivity contribution < 1.29 is 4.79 Å². The van der Waals surface area contributed by atoms with Crippen molar-refractivity contribution in [1.29, 1.82) is 0 Å². The minimum Gasteiger partial charge on any atom is -0.339 e. The molecule has 4 rings (SSSR count). The van der Waals surface area contributed by atoms with Crippen LogP contribution in [0, 0.1) is 11.8 Å². The molecule has 4 atom stereocenters. The Kier molecular flexibility index (Phi) is 3.70. The second kappa shape index (κ2) is 5.54. The van der Waals surface area contributed by atoms with Gasteiger partial charge in [0.15, 0.2) is 0 Å². The summed E-state index contributed by atoms with van der Waals surface area (Å²) in [6.07, 6.45) is 8.09. The zero-order chi connectivity index (χ0) is 14.4. The fourth-order valence-electron chi connectivity index (χ4n) is 5.37. The topological polar surface area (TPSA) is 26.8 Å². The molecule has 4 nitrogen and oxygen atoms in total. The van der Waals surface area contributed by atoms with Crippen LogP contribution < -0.4 is 0 Å². The predicted octanol–water partition coefficient (Wildman–Crippen LogP) is 1.41. The van der Waals surface area contributed by atoms with Crippen LogP contribution >= 0.6 is 0 Å². The van der Waals surface area contributed by atoms with Crippen molar-refractivity contribution in [3.63, 3.8) is 0 Å². The molecule has 2 heterocycles. The van der Waals surface area contributed by atoms with Gasteiger partial charge in [-0.15, -0.1) is 0 Å². The molecule has 21 heavy (non-hydrogen) atoms. The van der Waals surface area contributed by atoms with Crippen LogP contribution in [0.3, 0.4) is 0 Å². The summed E-state index contributed by atoms with van der Waals surface area (Å²) in [5.74, 6) is 2.38. The Labute approximate surface area is 128 Å². The number of fused-ring (bicyclic) bond motifs is 2. The molecule has 4 aliphatic rings. The summed E-state index contributed by atoms with van der Waals surface area (Å²) >= 11 is 0. The average Bonchev–Trinajstić information content (AvgIpc) is 3.23. The lowest BCUT2D eigenvalue weighted by atomic mass is 9.93. The Bertz CT molecular complexity index is 405. The number of carbonyl (C=O) groups excluding carboxylic acids is 1. The highest BCUT2D eigenvalue weighted by atomic mass is 16.2. The van der Waals surface area contributed by atoms with Crippen molar-refractivity contribution in [2.24, 2.45) is 11.8 Å². The second-order valence-corrected chi connectivity index (χ2v) is 7.74. The molecule has 2 bridgehead atoms. The number of hydrogen-bond acceptors (Lipinski definition) is 3. The Morgan fingerprint density at radius 3 is 2.33 bits per heavy atom. The van der Waals surface area contributed by atoms with Gasteiger partial charge in [-0.1, -0.05) is 6.42 Å². The van der Waals surface area contributed by atoms with E-state index in [4.69, 9.17) is 0 Å². The smallest absolute Gasteiger partial charge is 0.240 e. The third kappa shape index (κ3) is 2.50. The number of nitrogens with zero attached hydrogens (tertiary/aromatic N) is 3. The van der Waals surface area contributed by atoms with Crippen LogP contribution in [0.4, 0.5) is 0 Å². The second-order valence-electron chi connectivity index (χ2n) is 7.74. The van der Waals surface area contributed by atoms with Crippen molar-refractivity contribution in [3.05, 3.63) is 0 Å². The summed E-state index contributed by atoms with van der Waals surface area (Å²) in [5.41, 5.74) is 0. The molecule has 2 aliphatic heterocycles. The number of likely N-dealkylation sites (N-methyl/N-ethyl adjacent to an activating group) is 1. The van der Waals surface area contributed by atoms with E-state index in [2.05, 4.69) is 21.7 Å². The minimum absolute atomic E-state index is 0.166. The molecule has 0 spiro atoms. The van der Waals surface area contributed by atoms with Crippen molar-refractivity contribution >= 4 is 5.91 Å². The number of carbonyl (C=O) groups is 1. The summed E-state index contributed by atoms with van der Waals surface area (Å²) in [6.45, 7) is 5.21. The highest BCUT2D eigenvalue weighted by molar-refractivity contribution is 5.82. The molecule has 118 valence electrons. The van der Waals surface area contributed by atoms with Gasteiger partial charge in [0.1, 0.15) is 0 Å². The summed E-state index contributed by atoms with van der Waals surface area (Å²) in [6, 6.07) is 1.01. The van der Waals surface area contributed by atoms with Crippen LogP contribution in [-0.2, 0) is 4.79 Å². The van der Waals surface area contributed by atoms with E-state index in [0.29, 0.717) is 5.91 Å². The maximum Gasteiger partial charge on any atom is 0.240 e. The van der Waals surface area contributed by atoms with Crippen molar-refractivity contribution in [2.75, 3.05) is 39.8 Å². The standard InChI is InChI=1S/C17H29N3O/c1-18-6-2-3-15(18)17(21)20-9-7-19(8-10-20)16-12-13-4-5-14(16)11-13/h13-16H,2-12H2,1H3/t13-,14-,15-,16+/m0/s1. The molecule has 0 aromatic heterocycles. The third-order valence-corrected chi connectivity index (χ3v) is 6.60. The average molecular weight is 291 g/mol. The van der Waals surface area contributed by atoms with Gasteiger partial charge < -0.3 is 4.90 Å². The molecule has 2 saturated carbocycles. The lowest BCUT2D eigenvalue weighted by molar-refractivity contribution is -0.137. The zero-order valence-electron chi connectivity index (χ0n) is 13.3. The van der Waals surface area contributed by atoms with Crippen molar-refractivity contribution in [1.82, 2.24) is 14.7 Å². The normalized spacial score (nSPS) is 41.1. The van der Waals surface area contributed by atoms with E-state index in [1.807, 2.05) is 0 Å². The van der Waals surface area contributed by atoms with E-state index >= 15 is 0 Å². The summed E-state index contributed by atoms with van der Waals surface area (Å²) in [5, 5.41) is 0. The highest BCUT2D eigenvalue weighted by Gasteiger charge is 2.43. The number of amides is 1. The van der Waals surface area contributed by atoms with Crippen LogP contribution in [0.15, 0.2) is 0 Å².